The van der Waals surface area contributed by atoms with Crippen LogP contribution in [-0.2, 0) is 4.79 Å². The minimum absolute atomic E-state index is 0.189. The van der Waals surface area contributed by atoms with Gasteiger partial charge in [0.1, 0.15) is 0 Å². The fourth-order valence-corrected chi connectivity index (χ4v) is 1.75. The minimum atomic E-state index is -1.62. The normalized spacial score (nSPS) is 11.8. The number of carbonyl (C=O) groups excluding carboxylic acids is 1. The summed E-state index contributed by atoms with van der Waals surface area (Å²) in [5, 5.41) is 18.2. The first kappa shape index (κ1) is 13.0. The van der Waals surface area contributed by atoms with Gasteiger partial charge in [-0.05, 0) is 11.6 Å². The van der Waals surface area contributed by atoms with Gasteiger partial charge in [0.2, 0.25) is 0 Å². The summed E-state index contributed by atoms with van der Waals surface area (Å²) in [6.45, 7) is 0. The molecule has 0 aliphatic carbocycles. The second-order valence-corrected chi connectivity index (χ2v) is 4.06. The van der Waals surface area contributed by atoms with Gasteiger partial charge in [-0.15, -0.1) is 0 Å². The van der Waals surface area contributed by atoms with Crippen molar-refractivity contribution in [3.05, 3.63) is 71.3 Å². The van der Waals surface area contributed by atoms with Gasteiger partial charge in [0.15, 0.2) is 11.9 Å². The molecule has 1 atom stereocenters. The van der Waals surface area contributed by atoms with Gasteiger partial charge in [0.25, 0.3) is 0 Å². The lowest BCUT2D eigenvalue weighted by atomic mass is 9.99. The van der Waals surface area contributed by atoms with Crippen molar-refractivity contribution < 1.29 is 19.8 Å². The van der Waals surface area contributed by atoms with E-state index in [1.54, 1.807) is 42.5 Å². The zero-order valence-electron chi connectivity index (χ0n) is 9.98. The fraction of sp³-hybridized carbons (Fsp3) is 0.0667. The summed E-state index contributed by atoms with van der Waals surface area (Å²) in [4.78, 5) is 22.9. The number of ketones is 1. The highest BCUT2D eigenvalue weighted by Crippen LogP contribution is 2.17. The molecule has 0 fully saturated rings. The first-order chi connectivity index (χ1) is 9.09. The summed E-state index contributed by atoms with van der Waals surface area (Å²) in [6, 6.07) is 14.7. The number of benzene rings is 2. The Morgan fingerprint density at radius 3 is 2.16 bits per heavy atom. The van der Waals surface area contributed by atoms with Crippen molar-refractivity contribution in [3.63, 3.8) is 0 Å². The molecule has 1 unspecified atom stereocenters. The van der Waals surface area contributed by atoms with Gasteiger partial charge >= 0.3 is 5.97 Å². The van der Waals surface area contributed by atoms with Gasteiger partial charge in [-0.1, -0.05) is 48.5 Å². The van der Waals surface area contributed by atoms with Crippen LogP contribution in [0.25, 0.3) is 0 Å². The average Bonchev–Trinajstić information content (AvgIpc) is 2.46. The van der Waals surface area contributed by atoms with Crippen LogP contribution in [0, 0.1) is 0 Å². The molecule has 0 bridgehead atoms. The molecule has 0 saturated heterocycles. The summed E-state index contributed by atoms with van der Waals surface area (Å²) in [5.74, 6) is -1.55. The molecule has 0 radical (unpaired) electrons. The van der Waals surface area contributed by atoms with Crippen molar-refractivity contribution in [2.24, 2.45) is 0 Å². The summed E-state index contributed by atoms with van der Waals surface area (Å²) >= 11 is 0. The second kappa shape index (κ2) is 5.46. The van der Waals surface area contributed by atoms with Crippen LogP contribution in [-0.4, -0.2) is 22.0 Å². The number of hydrogen-bond acceptors (Lipinski definition) is 3. The summed E-state index contributed by atoms with van der Waals surface area (Å²) < 4.78 is 0. The number of carboxylic acid groups (broad SMARTS) is 1. The van der Waals surface area contributed by atoms with E-state index < -0.39 is 12.1 Å². The smallest absolute Gasteiger partial charge is 0.337 e. The van der Waals surface area contributed by atoms with Gasteiger partial charge in [-0.25, -0.2) is 4.79 Å². The van der Waals surface area contributed by atoms with Crippen LogP contribution >= 0.6 is 0 Å². The molecule has 2 N–H and O–H groups in total. The average molecular weight is 256 g/mol. The number of hydrogen-bond donors (Lipinski definition) is 2. The first-order valence-electron chi connectivity index (χ1n) is 5.70. The quantitative estimate of drug-likeness (QED) is 0.821. The van der Waals surface area contributed by atoms with Crippen molar-refractivity contribution in [1.29, 1.82) is 0 Å². The number of carbonyl (C=O) groups is 2. The van der Waals surface area contributed by atoms with Crippen molar-refractivity contribution in [3.8, 4) is 0 Å². The Labute approximate surface area is 109 Å². The van der Waals surface area contributed by atoms with Crippen LogP contribution in [0.3, 0.4) is 0 Å². The van der Waals surface area contributed by atoms with E-state index in [0.717, 1.165) is 0 Å². The molecule has 96 valence electrons. The maximum atomic E-state index is 12.2. The highest BCUT2D eigenvalue weighted by atomic mass is 16.4. The molecule has 0 spiro atoms. The van der Waals surface area contributed by atoms with Crippen molar-refractivity contribution in [1.82, 2.24) is 0 Å². The third-order valence-corrected chi connectivity index (χ3v) is 2.73. The molecule has 0 aliphatic rings. The first-order valence-corrected chi connectivity index (χ1v) is 5.70. The van der Waals surface area contributed by atoms with Crippen LogP contribution in [0.4, 0.5) is 0 Å². The van der Waals surface area contributed by atoms with E-state index in [1.807, 2.05) is 0 Å². The van der Waals surface area contributed by atoms with Crippen LogP contribution < -0.4 is 0 Å². The highest BCUT2D eigenvalue weighted by Gasteiger charge is 2.17. The standard InChI is InChI=1S/C15H12O4/c16-13(10-5-2-1-3-6-10)11-7-4-8-12(9-11)14(17)15(18)19/h1-9,14,17H,(H,18,19). The van der Waals surface area contributed by atoms with E-state index in [1.165, 1.54) is 12.1 Å². The maximum absolute atomic E-state index is 12.2. The molecule has 0 aliphatic heterocycles. The minimum Gasteiger partial charge on any atom is -0.479 e. The Hall–Kier alpha value is -2.46. The Bertz CT molecular complexity index is 605. The zero-order chi connectivity index (χ0) is 13.8. The Balaban J connectivity index is 2.34. The molecule has 19 heavy (non-hydrogen) atoms. The molecule has 0 heterocycles. The van der Waals surface area contributed by atoms with Gasteiger partial charge in [-0.2, -0.15) is 0 Å². The number of aliphatic carboxylic acids is 1. The van der Waals surface area contributed by atoms with E-state index in [4.69, 9.17) is 5.11 Å². The van der Waals surface area contributed by atoms with Gasteiger partial charge in [0, 0.05) is 11.1 Å². The van der Waals surface area contributed by atoms with E-state index >= 15 is 0 Å². The van der Waals surface area contributed by atoms with E-state index in [2.05, 4.69) is 0 Å². The second-order valence-electron chi connectivity index (χ2n) is 4.06. The summed E-state index contributed by atoms with van der Waals surface area (Å²) in [6.07, 6.45) is -1.62. The Morgan fingerprint density at radius 1 is 0.895 bits per heavy atom. The number of aliphatic hydroxyl groups is 1. The fourth-order valence-electron chi connectivity index (χ4n) is 1.75. The molecule has 2 aromatic carbocycles. The van der Waals surface area contributed by atoms with Crippen LogP contribution in [0.2, 0.25) is 0 Å². The van der Waals surface area contributed by atoms with Gasteiger partial charge in [0.05, 0.1) is 0 Å². The van der Waals surface area contributed by atoms with Crippen molar-refractivity contribution in [2.45, 2.75) is 6.10 Å². The monoisotopic (exact) mass is 256 g/mol. The SMILES string of the molecule is O=C(c1ccccc1)c1cccc(C(O)C(=O)O)c1. The van der Waals surface area contributed by atoms with Gasteiger partial charge in [-0.3, -0.25) is 4.79 Å². The van der Waals surface area contributed by atoms with Crippen molar-refractivity contribution in [2.75, 3.05) is 0 Å². The lowest BCUT2D eigenvalue weighted by Gasteiger charge is -2.07. The van der Waals surface area contributed by atoms with E-state index in [-0.39, 0.29) is 11.3 Å². The number of carboxylic acids is 1. The van der Waals surface area contributed by atoms with Crippen molar-refractivity contribution >= 4 is 11.8 Å². The molecule has 2 rings (SSSR count). The number of rotatable bonds is 4. The topological polar surface area (TPSA) is 74.6 Å². The molecule has 4 nitrogen and oxygen atoms in total. The molecule has 0 amide bonds. The molecule has 4 heteroatoms. The van der Waals surface area contributed by atoms with Crippen LogP contribution in [0.1, 0.15) is 27.6 Å². The summed E-state index contributed by atoms with van der Waals surface area (Å²) in [5.41, 5.74) is 1.06. The third-order valence-electron chi connectivity index (χ3n) is 2.73. The molecular formula is C15H12O4. The van der Waals surface area contributed by atoms with E-state index in [0.29, 0.717) is 11.1 Å². The maximum Gasteiger partial charge on any atom is 0.337 e. The predicted molar refractivity (Wildman–Crippen MR) is 68.9 cm³/mol. The van der Waals surface area contributed by atoms with Crippen LogP contribution in [0.15, 0.2) is 54.6 Å². The molecule has 0 saturated carbocycles. The largest absolute Gasteiger partial charge is 0.479 e. The highest BCUT2D eigenvalue weighted by molar-refractivity contribution is 6.09. The lowest BCUT2D eigenvalue weighted by Crippen LogP contribution is -2.11. The van der Waals surface area contributed by atoms with Gasteiger partial charge < -0.3 is 10.2 Å². The molecular weight excluding hydrogens is 244 g/mol. The van der Waals surface area contributed by atoms with Crippen LogP contribution in [0.5, 0.6) is 0 Å². The van der Waals surface area contributed by atoms with E-state index in [9.17, 15) is 14.7 Å². The number of aliphatic hydroxyl groups excluding tert-OH is 1. The summed E-state index contributed by atoms with van der Waals surface area (Å²) in [7, 11) is 0. The Kier molecular flexibility index (Phi) is 3.73. The Morgan fingerprint density at radius 2 is 1.53 bits per heavy atom. The predicted octanol–water partition coefficient (Wildman–Crippen LogP) is 2.04. The molecule has 2 aromatic rings. The molecule has 0 aromatic heterocycles. The third kappa shape index (κ3) is 2.86. The zero-order valence-corrected chi connectivity index (χ0v) is 9.98. The lowest BCUT2D eigenvalue weighted by molar-refractivity contribution is -0.146.